The Morgan fingerprint density at radius 1 is 1.38 bits per heavy atom. The first-order chi connectivity index (χ1) is 7.63. The number of rotatable bonds is 1. The molecule has 2 rings (SSSR count). The molecule has 1 heterocycles. The molecule has 1 saturated heterocycles. The second kappa shape index (κ2) is 4.60. The number of nitrogens with zero attached hydrogens (tertiary/aromatic N) is 1. The molecule has 16 heavy (non-hydrogen) atoms. The van der Waals surface area contributed by atoms with E-state index in [2.05, 4.69) is 37.8 Å². The summed E-state index contributed by atoms with van der Waals surface area (Å²) in [4.78, 5) is 13.6. The van der Waals surface area contributed by atoms with Crippen LogP contribution in [0.4, 0.5) is 5.69 Å². The predicted molar refractivity (Wildman–Crippen MR) is 71.1 cm³/mol. The maximum atomic E-state index is 11.8. The van der Waals surface area contributed by atoms with Gasteiger partial charge in [-0.3, -0.25) is 4.79 Å². The number of halogens is 2. The zero-order valence-electron chi connectivity index (χ0n) is 8.41. The summed E-state index contributed by atoms with van der Waals surface area (Å²) in [6.45, 7) is 0.594. The summed E-state index contributed by atoms with van der Waals surface area (Å²) in [5, 5.41) is 0. The van der Waals surface area contributed by atoms with Crippen molar-refractivity contribution in [3.05, 3.63) is 27.1 Å². The standard InChI is InChI=1S/C12H9Br2NO/c1-2-8-6-11(16)15(7-8)12-9(13)4-3-5-10(12)14/h1,3-5,8H,6-7H2. The Hall–Kier alpha value is -0.790. The van der Waals surface area contributed by atoms with Crippen molar-refractivity contribution in [2.45, 2.75) is 6.42 Å². The molecule has 2 nitrogen and oxygen atoms in total. The summed E-state index contributed by atoms with van der Waals surface area (Å²) in [5.74, 6) is 2.74. The zero-order chi connectivity index (χ0) is 11.7. The maximum absolute atomic E-state index is 11.8. The summed E-state index contributed by atoms with van der Waals surface area (Å²) in [7, 11) is 0. The number of anilines is 1. The fourth-order valence-electron chi connectivity index (χ4n) is 1.78. The topological polar surface area (TPSA) is 20.3 Å². The van der Waals surface area contributed by atoms with E-state index in [0.29, 0.717) is 13.0 Å². The second-order valence-corrected chi connectivity index (χ2v) is 5.35. The fourth-order valence-corrected chi connectivity index (χ4v) is 3.21. The Balaban J connectivity index is 2.39. The molecule has 1 aliphatic heterocycles. The fraction of sp³-hybridized carbons (Fsp3) is 0.250. The van der Waals surface area contributed by atoms with Crippen molar-refractivity contribution in [1.29, 1.82) is 0 Å². The molecule has 0 spiro atoms. The molecule has 1 aromatic carbocycles. The van der Waals surface area contributed by atoms with Gasteiger partial charge in [-0.25, -0.2) is 0 Å². The van der Waals surface area contributed by atoms with Gasteiger partial charge in [-0.2, -0.15) is 0 Å². The summed E-state index contributed by atoms with van der Waals surface area (Å²) in [6.07, 6.45) is 5.79. The largest absolute Gasteiger partial charge is 0.309 e. The first-order valence-corrected chi connectivity index (χ1v) is 6.42. The number of carbonyl (C=O) groups excluding carboxylic acids is 1. The smallest absolute Gasteiger partial charge is 0.228 e. The number of amides is 1. The molecule has 0 aliphatic carbocycles. The lowest BCUT2D eigenvalue weighted by Crippen LogP contribution is -2.25. The summed E-state index contributed by atoms with van der Waals surface area (Å²) < 4.78 is 1.79. The molecule has 0 saturated carbocycles. The zero-order valence-corrected chi connectivity index (χ0v) is 11.6. The van der Waals surface area contributed by atoms with Crippen LogP contribution in [-0.4, -0.2) is 12.5 Å². The van der Waals surface area contributed by atoms with Crippen LogP contribution in [-0.2, 0) is 4.79 Å². The van der Waals surface area contributed by atoms with Crippen molar-refractivity contribution in [2.75, 3.05) is 11.4 Å². The second-order valence-electron chi connectivity index (χ2n) is 3.64. The minimum Gasteiger partial charge on any atom is -0.309 e. The highest BCUT2D eigenvalue weighted by molar-refractivity contribution is 9.11. The maximum Gasteiger partial charge on any atom is 0.228 e. The van der Waals surface area contributed by atoms with E-state index in [0.717, 1.165) is 14.6 Å². The lowest BCUT2D eigenvalue weighted by molar-refractivity contribution is -0.117. The lowest BCUT2D eigenvalue weighted by Gasteiger charge is -2.19. The van der Waals surface area contributed by atoms with Crippen LogP contribution >= 0.6 is 31.9 Å². The van der Waals surface area contributed by atoms with Gasteiger partial charge in [-0.15, -0.1) is 12.3 Å². The average molecular weight is 343 g/mol. The molecule has 4 heteroatoms. The third-order valence-corrected chi connectivity index (χ3v) is 3.85. The number of hydrogen-bond donors (Lipinski definition) is 0. The highest BCUT2D eigenvalue weighted by atomic mass is 79.9. The van der Waals surface area contributed by atoms with Gasteiger partial charge in [0.15, 0.2) is 0 Å². The van der Waals surface area contributed by atoms with Gasteiger partial charge in [0.25, 0.3) is 0 Å². The quantitative estimate of drug-likeness (QED) is 0.718. The van der Waals surface area contributed by atoms with Crippen molar-refractivity contribution in [2.24, 2.45) is 5.92 Å². The average Bonchev–Trinajstić information content (AvgIpc) is 2.60. The van der Waals surface area contributed by atoms with Crippen molar-refractivity contribution in [1.82, 2.24) is 0 Å². The van der Waals surface area contributed by atoms with Crippen molar-refractivity contribution in [3.63, 3.8) is 0 Å². The summed E-state index contributed by atoms with van der Waals surface area (Å²) in [6, 6.07) is 5.74. The minimum atomic E-state index is 0.0199. The van der Waals surface area contributed by atoms with E-state index in [1.54, 1.807) is 4.90 Å². The molecule has 0 aromatic heterocycles. The van der Waals surface area contributed by atoms with Crippen LogP contribution < -0.4 is 4.90 Å². The SMILES string of the molecule is C#CC1CC(=O)N(c2c(Br)cccc2Br)C1. The highest BCUT2D eigenvalue weighted by Gasteiger charge is 2.31. The minimum absolute atomic E-state index is 0.0199. The van der Waals surface area contributed by atoms with Crippen LogP contribution in [0.25, 0.3) is 0 Å². The van der Waals surface area contributed by atoms with Gasteiger partial charge in [0.1, 0.15) is 0 Å². The lowest BCUT2D eigenvalue weighted by atomic mass is 10.1. The van der Waals surface area contributed by atoms with Crippen molar-refractivity contribution < 1.29 is 4.79 Å². The summed E-state index contributed by atoms with van der Waals surface area (Å²) in [5.41, 5.74) is 0.866. The van der Waals surface area contributed by atoms with Gasteiger partial charge < -0.3 is 4.90 Å². The van der Waals surface area contributed by atoms with Gasteiger partial charge in [-0.05, 0) is 44.0 Å². The molecule has 1 unspecified atom stereocenters. The normalized spacial score (nSPS) is 19.9. The molecule has 0 radical (unpaired) electrons. The molecular formula is C12H9Br2NO. The highest BCUT2D eigenvalue weighted by Crippen LogP contribution is 2.37. The van der Waals surface area contributed by atoms with E-state index in [1.807, 2.05) is 18.2 Å². The van der Waals surface area contributed by atoms with Crippen LogP contribution in [0.5, 0.6) is 0 Å². The third-order valence-electron chi connectivity index (χ3n) is 2.57. The molecule has 0 bridgehead atoms. The predicted octanol–water partition coefficient (Wildman–Crippen LogP) is 3.20. The van der Waals surface area contributed by atoms with E-state index in [-0.39, 0.29) is 11.8 Å². The molecule has 1 aromatic rings. The van der Waals surface area contributed by atoms with Gasteiger partial charge in [0.05, 0.1) is 5.69 Å². The van der Waals surface area contributed by atoms with Crippen LogP contribution in [0.15, 0.2) is 27.1 Å². The third kappa shape index (κ3) is 2.02. The van der Waals surface area contributed by atoms with E-state index >= 15 is 0 Å². The van der Waals surface area contributed by atoms with E-state index in [9.17, 15) is 4.79 Å². The van der Waals surface area contributed by atoms with E-state index in [1.165, 1.54) is 0 Å². The molecule has 1 atom stereocenters. The van der Waals surface area contributed by atoms with Gasteiger partial charge in [0.2, 0.25) is 5.91 Å². The number of benzene rings is 1. The molecular weight excluding hydrogens is 334 g/mol. The van der Waals surface area contributed by atoms with Crippen LogP contribution in [0.2, 0.25) is 0 Å². The van der Waals surface area contributed by atoms with E-state index < -0.39 is 0 Å². The first-order valence-electron chi connectivity index (χ1n) is 4.84. The van der Waals surface area contributed by atoms with Crippen molar-refractivity contribution >= 4 is 43.5 Å². The van der Waals surface area contributed by atoms with Gasteiger partial charge >= 0.3 is 0 Å². The number of para-hydroxylation sites is 1. The van der Waals surface area contributed by atoms with Crippen molar-refractivity contribution in [3.8, 4) is 12.3 Å². The monoisotopic (exact) mass is 341 g/mol. The number of terminal acetylenes is 1. The molecule has 1 aliphatic rings. The molecule has 1 amide bonds. The molecule has 82 valence electrons. The van der Waals surface area contributed by atoms with Crippen LogP contribution in [0, 0.1) is 18.3 Å². The Morgan fingerprint density at radius 2 is 2.00 bits per heavy atom. The van der Waals surface area contributed by atoms with Gasteiger partial charge in [0, 0.05) is 27.8 Å². The Kier molecular flexibility index (Phi) is 3.36. The Bertz CT molecular complexity index is 458. The molecule has 1 fully saturated rings. The number of hydrogen-bond acceptors (Lipinski definition) is 1. The van der Waals surface area contributed by atoms with Crippen LogP contribution in [0.1, 0.15) is 6.42 Å². The van der Waals surface area contributed by atoms with Gasteiger partial charge in [-0.1, -0.05) is 6.07 Å². The molecule has 0 N–H and O–H groups in total. The Labute approximate surface area is 111 Å². The summed E-state index contributed by atoms with van der Waals surface area (Å²) >= 11 is 6.90. The Morgan fingerprint density at radius 3 is 2.50 bits per heavy atom. The number of carbonyl (C=O) groups is 1. The van der Waals surface area contributed by atoms with E-state index in [4.69, 9.17) is 6.42 Å². The first kappa shape index (κ1) is 11.7. The van der Waals surface area contributed by atoms with Crippen LogP contribution in [0.3, 0.4) is 0 Å².